The van der Waals surface area contributed by atoms with Gasteiger partial charge >= 0.3 is 5.97 Å². The molecular formula is C24H26N4O6. The zero-order chi connectivity index (χ0) is 24.7. The minimum atomic E-state index is -0.786. The summed E-state index contributed by atoms with van der Waals surface area (Å²) >= 11 is 0. The van der Waals surface area contributed by atoms with Crippen LogP contribution < -0.4 is 9.47 Å². The van der Waals surface area contributed by atoms with E-state index in [0.29, 0.717) is 30.2 Å². The lowest BCUT2D eigenvalue weighted by Crippen LogP contribution is -2.08. The van der Waals surface area contributed by atoms with Gasteiger partial charge in [0.05, 0.1) is 26.4 Å². The number of esters is 1. The molecule has 178 valence electrons. The van der Waals surface area contributed by atoms with Crippen molar-refractivity contribution in [1.29, 1.82) is 5.26 Å². The summed E-state index contributed by atoms with van der Waals surface area (Å²) in [5.74, 6) is 0.683. The molecule has 2 heterocycles. The topological polar surface area (TPSA) is 122 Å². The Morgan fingerprint density at radius 3 is 2.68 bits per heavy atom. The van der Waals surface area contributed by atoms with Gasteiger partial charge in [-0.15, -0.1) is 0 Å². The average Bonchev–Trinajstić information content (AvgIpc) is 3.43. The molecule has 0 saturated carbocycles. The van der Waals surface area contributed by atoms with Crippen LogP contribution in [-0.4, -0.2) is 48.6 Å². The van der Waals surface area contributed by atoms with Crippen molar-refractivity contribution in [3.8, 4) is 29.0 Å². The molecule has 0 aliphatic carbocycles. The number of nitrogens with zero attached hydrogens (tertiary/aromatic N) is 4. The second kappa shape index (κ2) is 11.2. The Morgan fingerprint density at radius 1 is 1.21 bits per heavy atom. The lowest BCUT2D eigenvalue weighted by Gasteiger charge is -2.08. The van der Waals surface area contributed by atoms with E-state index >= 15 is 0 Å². The maximum absolute atomic E-state index is 12.5. The molecule has 2 aromatic heterocycles. The minimum Gasteiger partial charge on any atom is -0.497 e. The van der Waals surface area contributed by atoms with Crippen molar-refractivity contribution < 1.29 is 28.3 Å². The van der Waals surface area contributed by atoms with E-state index in [4.69, 9.17) is 23.5 Å². The molecule has 10 heteroatoms. The van der Waals surface area contributed by atoms with Crippen LogP contribution in [0, 0.1) is 25.2 Å². The highest BCUT2D eigenvalue weighted by Gasteiger charge is 2.18. The second-order valence-corrected chi connectivity index (χ2v) is 7.29. The number of methoxy groups -OCH3 is 3. The molecule has 34 heavy (non-hydrogen) atoms. The number of hydrogen-bond acceptors (Lipinski definition) is 9. The van der Waals surface area contributed by atoms with Gasteiger partial charge in [-0.25, -0.2) is 4.79 Å². The van der Waals surface area contributed by atoms with E-state index in [-0.39, 0.29) is 23.9 Å². The van der Waals surface area contributed by atoms with Crippen molar-refractivity contribution >= 4 is 12.0 Å². The van der Waals surface area contributed by atoms with Crippen molar-refractivity contribution in [3.05, 3.63) is 52.7 Å². The standard InChI is InChI=1S/C24H26N4O6/c1-15-10-17(16(2)28(15)8-9-30-3)11-18(13-25)24(29)33-14-22-26-23(27-34-22)20-7-6-19(31-4)12-21(20)32-5/h6-7,10-12H,8-9,14H2,1-5H3/b18-11-. The van der Waals surface area contributed by atoms with Crippen LogP contribution in [-0.2, 0) is 27.4 Å². The number of aromatic nitrogens is 3. The van der Waals surface area contributed by atoms with Crippen molar-refractivity contribution in [2.24, 2.45) is 0 Å². The van der Waals surface area contributed by atoms with Gasteiger partial charge in [-0.3, -0.25) is 0 Å². The maximum atomic E-state index is 12.5. The monoisotopic (exact) mass is 466 g/mol. The lowest BCUT2D eigenvalue weighted by molar-refractivity contribution is -0.140. The first-order valence-corrected chi connectivity index (χ1v) is 10.4. The zero-order valence-corrected chi connectivity index (χ0v) is 19.7. The van der Waals surface area contributed by atoms with E-state index in [9.17, 15) is 10.1 Å². The van der Waals surface area contributed by atoms with E-state index in [1.807, 2.05) is 26.0 Å². The van der Waals surface area contributed by atoms with Gasteiger partial charge in [-0.1, -0.05) is 5.16 Å². The Morgan fingerprint density at radius 2 is 2.00 bits per heavy atom. The summed E-state index contributed by atoms with van der Waals surface area (Å²) in [6.45, 7) is 4.82. The molecule has 0 bridgehead atoms. The van der Waals surface area contributed by atoms with Crippen LogP contribution in [0.4, 0.5) is 0 Å². The Labute approximate surface area is 197 Å². The highest BCUT2D eigenvalue weighted by atomic mass is 16.6. The Bertz CT molecular complexity index is 1230. The lowest BCUT2D eigenvalue weighted by atomic mass is 10.1. The predicted molar refractivity (Wildman–Crippen MR) is 122 cm³/mol. The summed E-state index contributed by atoms with van der Waals surface area (Å²) < 4.78 is 28.2. The quantitative estimate of drug-likeness (QED) is 0.251. The van der Waals surface area contributed by atoms with Crippen LogP contribution in [0.25, 0.3) is 17.5 Å². The van der Waals surface area contributed by atoms with Crippen molar-refractivity contribution in [1.82, 2.24) is 14.7 Å². The van der Waals surface area contributed by atoms with Gasteiger partial charge in [0, 0.05) is 31.1 Å². The summed E-state index contributed by atoms with van der Waals surface area (Å²) in [7, 11) is 4.71. The molecule has 0 unspecified atom stereocenters. The fourth-order valence-corrected chi connectivity index (χ4v) is 3.40. The highest BCUT2D eigenvalue weighted by Crippen LogP contribution is 2.31. The fraction of sp³-hybridized carbons (Fsp3) is 0.333. The van der Waals surface area contributed by atoms with Crippen LogP contribution in [0.1, 0.15) is 22.8 Å². The largest absolute Gasteiger partial charge is 0.497 e. The number of hydrogen-bond donors (Lipinski definition) is 0. The SMILES string of the molecule is COCCn1c(C)cc(/C=C(/C#N)C(=O)OCc2nc(-c3ccc(OC)cc3OC)no2)c1C. The van der Waals surface area contributed by atoms with Crippen LogP contribution in [0.3, 0.4) is 0 Å². The maximum Gasteiger partial charge on any atom is 0.349 e. The van der Waals surface area contributed by atoms with Crippen LogP contribution >= 0.6 is 0 Å². The number of carbonyl (C=O) groups is 1. The van der Waals surface area contributed by atoms with Gasteiger partial charge in [0.25, 0.3) is 5.89 Å². The number of carbonyl (C=O) groups excluding carboxylic acids is 1. The third kappa shape index (κ3) is 5.44. The van der Waals surface area contributed by atoms with Gasteiger partial charge in [-0.2, -0.15) is 10.2 Å². The van der Waals surface area contributed by atoms with Crippen LogP contribution in [0.2, 0.25) is 0 Å². The number of ether oxygens (including phenoxy) is 4. The number of rotatable bonds is 10. The van der Waals surface area contributed by atoms with Crippen LogP contribution in [0.15, 0.2) is 34.4 Å². The van der Waals surface area contributed by atoms with E-state index < -0.39 is 5.97 Å². The van der Waals surface area contributed by atoms with Crippen molar-refractivity contribution in [3.63, 3.8) is 0 Å². The molecule has 0 aliphatic heterocycles. The van der Waals surface area contributed by atoms with Gasteiger partial charge in [0.1, 0.15) is 23.1 Å². The highest BCUT2D eigenvalue weighted by molar-refractivity contribution is 5.98. The number of nitriles is 1. The fourth-order valence-electron chi connectivity index (χ4n) is 3.40. The first kappa shape index (κ1) is 24.5. The first-order valence-electron chi connectivity index (χ1n) is 10.4. The van der Waals surface area contributed by atoms with E-state index in [1.165, 1.54) is 13.2 Å². The number of benzene rings is 1. The summed E-state index contributed by atoms with van der Waals surface area (Å²) in [5, 5.41) is 13.4. The molecule has 0 amide bonds. The van der Waals surface area contributed by atoms with Crippen LogP contribution in [0.5, 0.6) is 11.5 Å². The molecule has 0 atom stereocenters. The molecule has 0 fully saturated rings. The van der Waals surface area contributed by atoms with Gasteiger partial charge < -0.3 is 28.0 Å². The summed E-state index contributed by atoms with van der Waals surface area (Å²) in [5.41, 5.74) is 3.13. The van der Waals surface area contributed by atoms with Gasteiger partial charge in [0.15, 0.2) is 6.61 Å². The number of aryl methyl sites for hydroxylation is 1. The van der Waals surface area contributed by atoms with E-state index in [1.54, 1.807) is 32.4 Å². The van der Waals surface area contributed by atoms with Gasteiger partial charge in [0.2, 0.25) is 5.82 Å². The molecule has 0 N–H and O–H groups in total. The molecule has 0 radical (unpaired) electrons. The van der Waals surface area contributed by atoms with E-state index in [0.717, 1.165) is 17.0 Å². The smallest absolute Gasteiger partial charge is 0.349 e. The third-order valence-corrected chi connectivity index (χ3v) is 5.22. The predicted octanol–water partition coefficient (Wildman–Crippen LogP) is 3.47. The molecule has 0 aliphatic rings. The molecule has 10 nitrogen and oxygen atoms in total. The van der Waals surface area contributed by atoms with Crippen molar-refractivity contribution in [2.45, 2.75) is 27.0 Å². The first-order chi connectivity index (χ1) is 16.4. The third-order valence-electron chi connectivity index (χ3n) is 5.22. The van der Waals surface area contributed by atoms with E-state index in [2.05, 4.69) is 14.7 Å². The Hall–Kier alpha value is -4.10. The summed E-state index contributed by atoms with van der Waals surface area (Å²) in [4.78, 5) is 16.8. The average molecular weight is 466 g/mol. The van der Waals surface area contributed by atoms with Crippen molar-refractivity contribution in [2.75, 3.05) is 27.9 Å². The van der Waals surface area contributed by atoms with Gasteiger partial charge in [-0.05, 0) is 43.7 Å². The Balaban J connectivity index is 1.71. The normalized spacial score (nSPS) is 11.2. The molecular weight excluding hydrogens is 440 g/mol. The molecule has 1 aromatic carbocycles. The molecule has 3 aromatic rings. The molecule has 0 saturated heterocycles. The minimum absolute atomic E-state index is 0.0799. The summed E-state index contributed by atoms with van der Waals surface area (Å²) in [6, 6.07) is 8.98. The zero-order valence-electron chi connectivity index (χ0n) is 19.7. The molecule has 3 rings (SSSR count). The summed E-state index contributed by atoms with van der Waals surface area (Å²) in [6.07, 6.45) is 1.51. The Kier molecular flexibility index (Phi) is 8.05. The molecule has 0 spiro atoms. The second-order valence-electron chi connectivity index (χ2n) is 7.29.